The van der Waals surface area contributed by atoms with E-state index in [9.17, 15) is 15.2 Å². The Hall–Kier alpha value is -1.66. The normalized spacial score (nSPS) is 23.0. The third-order valence-electron chi connectivity index (χ3n) is 3.12. The van der Waals surface area contributed by atoms with Gasteiger partial charge in [0.2, 0.25) is 0 Å². The molecular weight excluding hydrogens is 236 g/mol. The van der Waals surface area contributed by atoms with Gasteiger partial charge in [-0.05, 0) is 12.5 Å². The van der Waals surface area contributed by atoms with Crippen molar-refractivity contribution in [2.45, 2.75) is 18.9 Å². The van der Waals surface area contributed by atoms with Gasteiger partial charge in [-0.3, -0.25) is 10.1 Å². The first-order chi connectivity index (χ1) is 8.52. The van der Waals surface area contributed by atoms with Crippen molar-refractivity contribution in [3.05, 3.63) is 33.9 Å². The lowest BCUT2D eigenvalue weighted by Crippen LogP contribution is -2.37. The van der Waals surface area contributed by atoms with Crippen LogP contribution in [0.3, 0.4) is 0 Å². The number of hydrogen-bond acceptors (Lipinski definition) is 5. The first-order valence-electron chi connectivity index (χ1n) is 5.80. The Morgan fingerprint density at radius 2 is 2.39 bits per heavy atom. The summed E-state index contributed by atoms with van der Waals surface area (Å²) >= 11 is 0. The molecule has 1 unspecified atom stereocenters. The van der Waals surface area contributed by atoms with Gasteiger partial charge in [0, 0.05) is 25.6 Å². The molecule has 1 fully saturated rings. The number of ether oxygens (including phenoxy) is 1. The summed E-state index contributed by atoms with van der Waals surface area (Å²) < 4.78 is 5.13. The van der Waals surface area contributed by atoms with E-state index in [1.54, 1.807) is 19.1 Å². The summed E-state index contributed by atoms with van der Waals surface area (Å²) in [6.07, 6.45) is 0.541. The molecule has 1 atom stereocenters. The minimum Gasteiger partial charge on any atom is -0.386 e. The van der Waals surface area contributed by atoms with Crippen LogP contribution in [0, 0.1) is 17.0 Å². The summed E-state index contributed by atoms with van der Waals surface area (Å²) in [7, 11) is 0. The van der Waals surface area contributed by atoms with Crippen LogP contribution in [-0.2, 0) is 4.74 Å². The number of aryl methyl sites for hydroxylation is 1. The molecule has 6 nitrogen and oxygen atoms in total. The third-order valence-corrected chi connectivity index (χ3v) is 3.12. The van der Waals surface area contributed by atoms with Crippen molar-refractivity contribution in [2.75, 3.05) is 25.1 Å². The SMILES string of the molecule is Cc1cccc([N+](=O)[O-])c1NCC1(O)CCOC1. The Labute approximate surface area is 105 Å². The second-order valence-electron chi connectivity index (χ2n) is 4.61. The smallest absolute Gasteiger partial charge is 0.292 e. The van der Waals surface area contributed by atoms with E-state index < -0.39 is 10.5 Å². The highest BCUT2D eigenvalue weighted by molar-refractivity contribution is 5.66. The molecule has 18 heavy (non-hydrogen) atoms. The van der Waals surface area contributed by atoms with Crippen LogP contribution in [0.4, 0.5) is 11.4 Å². The van der Waals surface area contributed by atoms with Crippen LogP contribution in [-0.4, -0.2) is 35.4 Å². The number of rotatable bonds is 4. The molecule has 0 saturated carbocycles. The molecule has 1 heterocycles. The number of para-hydroxylation sites is 1. The highest BCUT2D eigenvalue weighted by Crippen LogP contribution is 2.29. The number of aliphatic hydroxyl groups is 1. The largest absolute Gasteiger partial charge is 0.386 e. The fourth-order valence-electron chi connectivity index (χ4n) is 2.02. The number of anilines is 1. The van der Waals surface area contributed by atoms with E-state index in [2.05, 4.69) is 5.32 Å². The summed E-state index contributed by atoms with van der Waals surface area (Å²) in [5.74, 6) is 0. The van der Waals surface area contributed by atoms with Crippen LogP contribution in [0.15, 0.2) is 18.2 Å². The molecule has 0 aromatic heterocycles. The maximum absolute atomic E-state index is 10.9. The fraction of sp³-hybridized carbons (Fsp3) is 0.500. The maximum atomic E-state index is 10.9. The van der Waals surface area contributed by atoms with E-state index in [4.69, 9.17) is 4.74 Å². The van der Waals surface area contributed by atoms with E-state index in [1.165, 1.54) is 6.07 Å². The van der Waals surface area contributed by atoms with Crippen LogP contribution in [0.25, 0.3) is 0 Å². The van der Waals surface area contributed by atoms with Gasteiger partial charge in [0.1, 0.15) is 11.3 Å². The Bertz CT molecular complexity index is 455. The van der Waals surface area contributed by atoms with Gasteiger partial charge in [0.05, 0.1) is 11.5 Å². The molecule has 1 aromatic rings. The van der Waals surface area contributed by atoms with Crippen LogP contribution in [0.1, 0.15) is 12.0 Å². The molecule has 0 amide bonds. The van der Waals surface area contributed by atoms with Crippen LogP contribution >= 0.6 is 0 Å². The number of nitro groups is 1. The maximum Gasteiger partial charge on any atom is 0.292 e. The second-order valence-corrected chi connectivity index (χ2v) is 4.61. The fourth-order valence-corrected chi connectivity index (χ4v) is 2.02. The van der Waals surface area contributed by atoms with Crippen molar-refractivity contribution in [1.29, 1.82) is 0 Å². The van der Waals surface area contributed by atoms with Crippen molar-refractivity contribution in [2.24, 2.45) is 0 Å². The highest BCUT2D eigenvalue weighted by atomic mass is 16.6. The van der Waals surface area contributed by atoms with Gasteiger partial charge in [-0.15, -0.1) is 0 Å². The highest BCUT2D eigenvalue weighted by Gasteiger charge is 2.32. The Balaban J connectivity index is 2.15. The molecule has 6 heteroatoms. The zero-order chi connectivity index (χ0) is 13.2. The van der Waals surface area contributed by atoms with Crippen molar-refractivity contribution in [3.8, 4) is 0 Å². The average Bonchev–Trinajstić information content (AvgIpc) is 2.74. The summed E-state index contributed by atoms with van der Waals surface area (Å²) in [6.45, 7) is 2.83. The molecule has 1 aliphatic heterocycles. The molecule has 0 radical (unpaired) electrons. The van der Waals surface area contributed by atoms with E-state index in [0.717, 1.165) is 5.56 Å². The van der Waals surface area contributed by atoms with Crippen LogP contribution < -0.4 is 5.32 Å². The molecule has 1 aliphatic rings. The predicted molar refractivity (Wildman–Crippen MR) is 66.7 cm³/mol. The average molecular weight is 252 g/mol. The topological polar surface area (TPSA) is 84.6 Å². The first kappa shape index (κ1) is 12.8. The molecule has 2 rings (SSSR count). The van der Waals surface area contributed by atoms with E-state index >= 15 is 0 Å². The molecule has 0 spiro atoms. The van der Waals surface area contributed by atoms with Gasteiger partial charge >= 0.3 is 0 Å². The quantitative estimate of drug-likeness (QED) is 0.626. The van der Waals surface area contributed by atoms with Gasteiger partial charge in [-0.25, -0.2) is 0 Å². The Morgan fingerprint density at radius 1 is 1.61 bits per heavy atom. The molecule has 1 aromatic carbocycles. The minimum atomic E-state index is -0.934. The third kappa shape index (κ3) is 2.60. The van der Waals surface area contributed by atoms with Gasteiger partial charge in [-0.2, -0.15) is 0 Å². The summed E-state index contributed by atoms with van der Waals surface area (Å²) in [6, 6.07) is 4.89. The standard InChI is InChI=1S/C12H16N2O4/c1-9-3-2-4-10(14(16)17)11(9)13-7-12(15)5-6-18-8-12/h2-4,13,15H,5-8H2,1H3. The lowest BCUT2D eigenvalue weighted by atomic mass is 10.0. The van der Waals surface area contributed by atoms with E-state index in [1.807, 2.05) is 0 Å². The van der Waals surface area contributed by atoms with Crippen molar-refractivity contribution in [3.63, 3.8) is 0 Å². The zero-order valence-corrected chi connectivity index (χ0v) is 10.2. The van der Waals surface area contributed by atoms with Crippen molar-refractivity contribution >= 4 is 11.4 Å². The molecule has 98 valence electrons. The lowest BCUT2D eigenvalue weighted by molar-refractivity contribution is -0.384. The number of nitrogens with zero attached hydrogens (tertiary/aromatic N) is 1. The minimum absolute atomic E-state index is 0.0255. The number of hydrogen-bond donors (Lipinski definition) is 2. The van der Waals surface area contributed by atoms with Gasteiger partial charge in [-0.1, -0.05) is 12.1 Å². The summed E-state index contributed by atoms with van der Waals surface area (Å²) in [5.41, 5.74) is 0.336. The number of nitro benzene ring substituents is 1. The Morgan fingerprint density at radius 3 is 3.00 bits per heavy atom. The Kier molecular flexibility index (Phi) is 3.49. The molecule has 0 bridgehead atoms. The number of nitrogens with one attached hydrogen (secondary N) is 1. The zero-order valence-electron chi connectivity index (χ0n) is 10.2. The molecule has 0 aliphatic carbocycles. The predicted octanol–water partition coefficient (Wildman–Crippen LogP) is 1.47. The van der Waals surface area contributed by atoms with Gasteiger partial charge in [0.15, 0.2) is 0 Å². The molecular formula is C12H16N2O4. The van der Waals surface area contributed by atoms with Crippen LogP contribution in [0.2, 0.25) is 0 Å². The van der Waals surface area contributed by atoms with Gasteiger partial charge < -0.3 is 15.2 Å². The summed E-state index contributed by atoms with van der Waals surface area (Å²) in [4.78, 5) is 10.5. The molecule has 2 N–H and O–H groups in total. The first-order valence-corrected chi connectivity index (χ1v) is 5.80. The molecule has 1 saturated heterocycles. The van der Waals surface area contributed by atoms with Crippen molar-refractivity contribution in [1.82, 2.24) is 0 Å². The number of benzene rings is 1. The second kappa shape index (κ2) is 4.91. The summed E-state index contributed by atoms with van der Waals surface area (Å²) in [5, 5.41) is 24.0. The van der Waals surface area contributed by atoms with Crippen LogP contribution in [0.5, 0.6) is 0 Å². The lowest BCUT2D eigenvalue weighted by Gasteiger charge is -2.21. The monoisotopic (exact) mass is 252 g/mol. The van der Waals surface area contributed by atoms with Crippen molar-refractivity contribution < 1.29 is 14.8 Å². The van der Waals surface area contributed by atoms with E-state index in [0.29, 0.717) is 18.7 Å². The van der Waals surface area contributed by atoms with E-state index in [-0.39, 0.29) is 18.8 Å². The van der Waals surface area contributed by atoms with Gasteiger partial charge in [0.25, 0.3) is 5.69 Å².